The molecule has 0 aliphatic heterocycles. The zero-order valence-electron chi connectivity index (χ0n) is 9.11. The number of carbonyl (C=O) groups excluding carboxylic acids is 1. The van der Waals surface area contributed by atoms with Crippen molar-refractivity contribution in [1.29, 1.82) is 5.26 Å². The van der Waals surface area contributed by atoms with E-state index in [1.165, 1.54) is 12.1 Å². The molecule has 1 aromatic rings. The zero-order valence-corrected chi connectivity index (χ0v) is 10.7. The van der Waals surface area contributed by atoms with Crippen LogP contribution >= 0.6 is 15.9 Å². The maximum atomic E-state index is 11.9. The van der Waals surface area contributed by atoms with E-state index in [2.05, 4.69) is 15.9 Å². The number of hydrogen-bond donors (Lipinski definition) is 1. The monoisotopic (exact) mass is 295 g/mol. The van der Waals surface area contributed by atoms with Crippen molar-refractivity contribution < 1.29 is 14.7 Å². The van der Waals surface area contributed by atoms with Crippen molar-refractivity contribution in [2.75, 3.05) is 0 Å². The molecule has 1 N–H and O–H groups in total. The van der Waals surface area contributed by atoms with E-state index in [0.717, 1.165) is 0 Å². The van der Waals surface area contributed by atoms with E-state index in [9.17, 15) is 9.59 Å². The van der Waals surface area contributed by atoms with Crippen LogP contribution in [0.1, 0.15) is 33.2 Å². The number of alkyl halides is 1. The molecule has 17 heavy (non-hydrogen) atoms. The lowest BCUT2D eigenvalue weighted by Crippen LogP contribution is -2.15. The van der Waals surface area contributed by atoms with Crippen molar-refractivity contribution >= 4 is 27.7 Å². The molecule has 1 aromatic carbocycles. The van der Waals surface area contributed by atoms with E-state index in [-0.39, 0.29) is 28.9 Å². The largest absolute Gasteiger partial charge is 0.478 e. The maximum absolute atomic E-state index is 11.9. The van der Waals surface area contributed by atoms with Crippen molar-refractivity contribution in [2.24, 2.45) is 0 Å². The molecular weight excluding hydrogens is 286 g/mol. The Bertz CT molecular complexity index is 503. The van der Waals surface area contributed by atoms with Crippen LogP contribution in [0, 0.1) is 11.3 Å². The predicted molar refractivity (Wildman–Crippen MR) is 65.4 cm³/mol. The van der Waals surface area contributed by atoms with Gasteiger partial charge in [-0.2, -0.15) is 5.26 Å². The molecule has 1 unspecified atom stereocenters. The van der Waals surface area contributed by atoms with Gasteiger partial charge < -0.3 is 5.11 Å². The molecule has 88 valence electrons. The van der Waals surface area contributed by atoms with Gasteiger partial charge in [0.05, 0.1) is 22.9 Å². The second-order valence-corrected chi connectivity index (χ2v) is 4.83. The number of nitriles is 1. The summed E-state index contributed by atoms with van der Waals surface area (Å²) in [6.45, 7) is 1.66. The lowest BCUT2D eigenvalue weighted by atomic mass is 9.95. The van der Waals surface area contributed by atoms with E-state index in [1.54, 1.807) is 13.0 Å². The van der Waals surface area contributed by atoms with Crippen molar-refractivity contribution in [3.63, 3.8) is 0 Å². The Morgan fingerprint density at radius 1 is 1.47 bits per heavy atom. The second-order valence-electron chi connectivity index (χ2n) is 3.45. The minimum absolute atomic E-state index is 0.00514. The van der Waals surface area contributed by atoms with Crippen LogP contribution in [-0.2, 0) is 6.42 Å². The molecule has 0 aliphatic rings. The Balaban J connectivity index is 3.40. The summed E-state index contributed by atoms with van der Waals surface area (Å²) in [4.78, 5) is 22.5. The highest BCUT2D eigenvalue weighted by molar-refractivity contribution is 9.10. The summed E-state index contributed by atoms with van der Waals surface area (Å²) in [5, 5.41) is 17.7. The maximum Gasteiger partial charge on any atom is 0.336 e. The van der Waals surface area contributed by atoms with Crippen LogP contribution < -0.4 is 0 Å². The Morgan fingerprint density at radius 3 is 2.53 bits per heavy atom. The van der Waals surface area contributed by atoms with Gasteiger partial charge in [-0.1, -0.05) is 28.1 Å². The van der Waals surface area contributed by atoms with Gasteiger partial charge in [-0.3, -0.25) is 4.79 Å². The van der Waals surface area contributed by atoms with Gasteiger partial charge in [0.1, 0.15) is 0 Å². The molecular formula is C12H10BrNO3. The van der Waals surface area contributed by atoms with Crippen molar-refractivity contribution in [2.45, 2.75) is 18.2 Å². The topological polar surface area (TPSA) is 78.2 Å². The van der Waals surface area contributed by atoms with E-state index in [0.29, 0.717) is 0 Å². The fourth-order valence-electron chi connectivity index (χ4n) is 1.50. The Morgan fingerprint density at radius 2 is 2.06 bits per heavy atom. The van der Waals surface area contributed by atoms with Gasteiger partial charge in [-0.25, -0.2) is 4.79 Å². The molecule has 5 heteroatoms. The van der Waals surface area contributed by atoms with Crippen molar-refractivity contribution in [3.05, 3.63) is 34.9 Å². The molecule has 0 aliphatic carbocycles. The highest BCUT2D eigenvalue weighted by atomic mass is 79.9. The molecule has 0 spiro atoms. The first-order valence-corrected chi connectivity index (χ1v) is 5.81. The van der Waals surface area contributed by atoms with Gasteiger partial charge in [-0.05, 0) is 18.6 Å². The van der Waals surface area contributed by atoms with Crippen LogP contribution in [0.2, 0.25) is 0 Å². The molecule has 0 fully saturated rings. The third kappa shape index (κ3) is 2.92. The zero-order chi connectivity index (χ0) is 13.0. The number of carboxylic acids is 1. The minimum atomic E-state index is -1.13. The number of benzene rings is 1. The number of hydrogen-bond acceptors (Lipinski definition) is 3. The van der Waals surface area contributed by atoms with E-state index in [4.69, 9.17) is 10.4 Å². The highest BCUT2D eigenvalue weighted by Crippen LogP contribution is 2.19. The van der Waals surface area contributed by atoms with Crippen LogP contribution in [0.25, 0.3) is 0 Å². The average Bonchev–Trinajstić information content (AvgIpc) is 2.28. The smallest absolute Gasteiger partial charge is 0.336 e. The van der Waals surface area contributed by atoms with Crippen LogP contribution in [0.5, 0.6) is 0 Å². The number of nitrogens with zero attached hydrogens (tertiary/aromatic N) is 1. The number of Topliss-reactive ketones (excluding diaryl/α,β-unsaturated/α-hetero) is 1. The van der Waals surface area contributed by atoms with Crippen LogP contribution in [-0.4, -0.2) is 21.7 Å². The van der Waals surface area contributed by atoms with Crippen molar-refractivity contribution in [3.8, 4) is 6.07 Å². The highest BCUT2D eigenvalue weighted by Gasteiger charge is 2.20. The van der Waals surface area contributed by atoms with E-state index >= 15 is 0 Å². The summed E-state index contributed by atoms with van der Waals surface area (Å²) in [6, 6.07) is 6.32. The molecule has 0 saturated heterocycles. The SMILES string of the molecule is CC(Br)C(=O)c1cccc(C(=O)O)c1CC#N. The van der Waals surface area contributed by atoms with Gasteiger partial charge in [-0.15, -0.1) is 0 Å². The number of carboxylic acid groups (broad SMARTS) is 1. The fourth-order valence-corrected chi connectivity index (χ4v) is 1.75. The van der Waals surface area contributed by atoms with E-state index in [1.807, 2.05) is 6.07 Å². The van der Waals surface area contributed by atoms with Crippen LogP contribution in [0.3, 0.4) is 0 Å². The summed E-state index contributed by atoms with van der Waals surface area (Å²) >= 11 is 3.14. The van der Waals surface area contributed by atoms with E-state index < -0.39 is 10.8 Å². The normalized spacial score (nSPS) is 11.6. The fraction of sp³-hybridized carbons (Fsp3) is 0.250. The lowest BCUT2D eigenvalue weighted by Gasteiger charge is -2.10. The van der Waals surface area contributed by atoms with Crippen LogP contribution in [0.15, 0.2) is 18.2 Å². The third-order valence-corrected chi connectivity index (χ3v) is 2.70. The second kappa shape index (κ2) is 5.60. The van der Waals surface area contributed by atoms with Crippen molar-refractivity contribution in [1.82, 2.24) is 0 Å². The molecule has 0 amide bonds. The number of carbonyl (C=O) groups is 2. The number of aromatic carboxylic acids is 1. The average molecular weight is 296 g/mol. The Labute approximate surface area is 107 Å². The molecule has 1 rings (SSSR count). The molecule has 1 atom stereocenters. The summed E-state index contributed by atoms with van der Waals surface area (Å²) in [6.07, 6.45) is -0.0940. The van der Waals surface area contributed by atoms with Crippen LogP contribution in [0.4, 0.5) is 0 Å². The molecule has 4 nitrogen and oxygen atoms in total. The number of rotatable bonds is 4. The summed E-state index contributed by atoms with van der Waals surface area (Å²) in [5.41, 5.74) is 0.570. The molecule has 0 aromatic heterocycles. The first-order valence-electron chi connectivity index (χ1n) is 4.89. The number of halogens is 1. The lowest BCUT2D eigenvalue weighted by molar-refractivity contribution is 0.0696. The molecule has 0 bridgehead atoms. The van der Waals surface area contributed by atoms with Gasteiger partial charge >= 0.3 is 5.97 Å². The van der Waals surface area contributed by atoms with Gasteiger partial charge in [0, 0.05) is 5.56 Å². The summed E-state index contributed by atoms with van der Waals surface area (Å²) in [7, 11) is 0. The minimum Gasteiger partial charge on any atom is -0.478 e. The summed E-state index contributed by atoms with van der Waals surface area (Å²) in [5.74, 6) is -1.36. The first-order chi connectivity index (χ1) is 7.99. The third-order valence-electron chi connectivity index (χ3n) is 2.29. The van der Waals surface area contributed by atoms with Gasteiger partial charge in [0.2, 0.25) is 0 Å². The molecule has 0 radical (unpaired) electrons. The quantitative estimate of drug-likeness (QED) is 0.683. The van der Waals surface area contributed by atoms with Gasteiger partial charge in [0.25, 0.3) is 0 Å². The standard InChI is InChI=1S/C12H10BrNO3/c1-7(13)11(15)9-3-2-4-10(12(16)17)8(9)5-6-14/h2-4,7H,5H2,1H3,(H,16,17). The molecule has 0 saturated carbocycles. The predicted octanol–water partition coefficient (Wildman–Crippen LogP) is 2.42. The molecule has 0 heterocycles. The summed E-state index contributed by atoms with van der Waals surface area (Å²) < 4.78 is 0. The Hall–Kier alpha value is -1.67. The Kier molecular flexibility index (Phi) is 4.41. The first kappa shape index (κ1) is 13.4. The number of ketones is 1. The van der Waals surface area contributed by atoms with Gasteiger partial charge in [0.15, 0.2) is 5.78 Å².